The Hall–Kier alpha value is -3.42. The minimum atomic E-state index is -0.527. The summed E-state index contributed by atoms with van der Waals surface area (Å²) in [4.78, 5) is 17.6. The van der Waals surface area contributed by atoms with Gasteiger partial charge in [-0.25, -0.2) is 0 Å². The topological polar surface area (TPSA) is 93.5 Å². The average molecular weight is 759 g/mol. The van der Waals surface area contributed by atoms with Crippen LogP contribution in [0.1, 0.15) is 128 Å². The number of nitrogens with zero attached hydrogens (tertiary/aromatic N) is 2. The lowest BCUT2D eigenvalue weighted by Gasteiger charge is -2.71. The number of ether oxygens (including phenoxy) is 2. The number of nitrogen functional groups attached to an aromatic ring is 1. The Bertz CT molecular complexity index is 2030. The zero-order chi connectivity index (χ0) is 39.3. The van der Waals surface area contributed by atoms with Crippen molar-refractivity contribution >= 4 is 17.4 Å². The van der Waals surface area contributed by atoms with E-state index in [9.17, 15) is 0 Å². The van der Waals surface area contributed by atoms with Crippen LogP contribution in [0.2, 0.25) is 0 Å². The molecule has 3 N–H and O–H groups in total. The number of aromatic amines is 1. The van der Waals surface area contributed by atoms with E-state index in [0.29, 0.717) is 24.3 Å². The third kappa shape index (κ3) is 5.63. The zero-order valence-electron chi connectivity index (χ0n) is 35.2. The molecular weight excluding hydrogens is 693 g/mol. The molecular formula is C49H66N4O3. The molecule has 9 rings (SSSR count). The summed E-state index contributed by atoms with van der Waals surface area (Å²) in [6.07, 6.45) is 9.17. The van der Waals surface area contributed by atoms with E-state index < -0.39 is 5.41 Å². The van der Waals surface area contributed by atoms with Crippen LogP contribution in [0.15, 0.2) is 60.2 Å². The van der Waals surface area contributed by atoms with Gasteiger partial charge in [-0.3, -0.25) is 14.8 Å². The van der Waals surface area contributed by atoms with E-state index in [1.165, 1.54) is 40.8 Å². The SMILES string of the molecule is CC1(C)CC[C@]2(C(=O)OCc3ccccc3)CC[C@]3(C)C(=C(c4ccccc4CN4CCOCC4)CC4[C@@]5(C)Cc6c(N)n[nH]c6C(C)(C)[C@@H]5CC[C@]43C)[C@@H]2C1. The monoisotopic (exact) mass is 759 g/mol. The lowest BCUT2D eigenvalue weighted by Crippen LogP contribution is -2.65. The fourth-order valence-electron chi connectivity index (χ4n) is 14.2. The van der Waals surface area contributed by atoms with Gasteiger partial charge in [-0.2, -0.15) is 5.10 Å². The fourth-order valence-corrected chi connectivity index (χ4v) is 14.2. The first-order valence-corrected chi connectivity index (χ1v) is 21.8. The van der Waals surface area contributed by atoms with Crippen LogP contribution in [-0.4, -0.2) is 47.4 Å². The molecule has 3 saturated carbocycles. The summed E-state index contributed by atoms with van der Waals surface area (Å²) in [6.45, 7) is 22.4. The summed E-state index contributed by atoms with van der Waals surface area (Å²) in [5, 5.41) is 8.03. The average Bonchev–Trinajstić information content (AvgIpc) is 3.55. The van der Waals surface area contributed by atoms with Gasteiger partial charge in [0.2, 0.25) is 0 Å². The number of morpholine rings is 1. The second-order valence-electron chi connectivity index (χ2n) is 21.0. The largest absolute Gasteiger partial charge is 0.460 e. The van der Waals surface area contributed by atoms with Crippen LogP contribution in [0.3, 0.4) is 0 Å². The van der Waals surface area contributed by atoms with Gasteiger partial charge in [-0.1, -0.05) is 109 Å². The number of fused-ring (bicyclic) bond motifs is 8. The van der Waals surface area contributed by atoms with Crippen molar-refractivity contribution in [3.63, 3.8) is 0 Å². The smallest absolute Gasteiger partial charge is 0.313 e. The summed E-state index contributed by atoms with van der Waals surface area (Å²) < 4.78 is 12.2. The van der Waals surface area contributed by atoms with E-state index in [2.05, 4.69) is 100.0 Å². The van der Waals surface area contributed by atoms with Crippen LogP contribution in [0.4, 0.5) is 5.82 Å². The minimum absolute atomic E-state index is 0.0232. The normalized spacial score (nSPS) is 36.0. The molecule has 1 saturated heterocycles. The summed E-state index contributed by atoms with van der Waals surface area (Å²) in [5.41, 5.74) is 15.7. The van der Waals surface area contributed by atoms with Gasteiger partial charge in [0, 0.05) is 36.3 Å². The van der Waals surface area contributed by atoms with Crippen molar-refractivity contribution in [3.05, 3.63) is 88.1 Å². The van der Waals surface area contributed by atoms with Crippen LogP contribution in [-0.2, 0) is 39.3 Å². The van der Waals surface area contributed by atoms with Gasteiger partial charge < -0.3 is 15.2 Å². The van der Waals surface area contributed by atoms with Gasteiger partial charge in [-0.15, -0.1) is 0 Å². The Labute approximate surface area is 335 Å². The highest BCUT2D eigenvalue weighted by atomic mass is 16.5. The number of carbonyl (C=O) groups excluding carboxylic acids is 1. The van der Waals surface area contributed by atoms with Crippen molar-refractivity contribution in [2.24, 2.45) is 44.8 Å². The number of H-pyrrole nitrogens is 1. The fraction of sp³-hybridized carbons (Fsp3) is 0.633. The van der Waals surface area contributed by atoms with Gasteiger partial charge >= 0.3 is 5.97 Å². The van der Waals surface area contributed by atoms with E-state index in [-0.39, 0.29) is 39.0 Å². The molecule has 6 aliphatic rings. The minimum Gasteiger partial charge on any atom is -0.460 e. The first-order chi connectivity index (χ1) is 26.6. The number of allylic oxidation sites excluding steroid dienone is 2. The van der Waals surface area contributed by atoms with Crippen molar-refractivity contribution in [2.45, 2.75) is 125 Å². The first-order valence-electron chi connectivity index (χ1n) is 21.8. The number of hydrogen-bond acceptors (Lipinski definition) is 6. The quantitative estimate of drug-likeness (QED) is 0.243. The third-order valence-electron chi connectivity index (χ3n) is 17.4. The lowest BCUT2D eigenvalue weighted by molar-refractivity contribution is -0.181. The highest BCUT2D eigenvalue weighted by Gasteiger charge is 2.70. The van der Waals surface area contributed by atoms with Crippen molar-refractivity contribution in [3.8, 4) is 0 Å². The summed E-state index contributed by atoms with van der Waals surface area (Å²) >= 11 is 0. The number of esters is 1. The molecule has 2 aromatic carbocycles. The van der Waals surface area contributed by atoms with Crippen LogP contribution in [0, 0.1) is 44.8 Å². The molecule has 0 radical (unpaired) electrons. The summed E-state index contributed by atoms with van der Waals surface area (Å²) in [7, 11) is 0. The second kappa shape index (κ2) is 13.3. The van der Waals surface area contributed by atoms with Crippen molar-refractivity contribution in [1.82, 2.24) is 15.1 Å². The number of aromatic nitrogens is 2. The van der Waals surface area contributed by atoms with Gasteiger partial charge in [0.1, 0.15) is 12.4 Å². The molecule has 7 atom stereocenters. The number of anilines is 1. The van der Waals surface area contributed by atoms with Gasteiger partial charge in [0.25, 0.3) is 0 Å². The van der Waals surface area contributed by atoms with Crippen LogP contribution >= 0.6 is 0 Å². The van der Waals surface area contributed by atoms with E-state index >= 15 is 4.79 Å². The molecule has 1 aromatic heterocycles. The standard InChI is InChI=1S/C49H66N4O3/c1-44(2)19-21-49(43(54)56-31-32-13-9-8-10-14-32)22-20-48(7)40(37(49)29-44)35(34-16-12-11-15-33(34)30-53-23-25-55-26-24-53)27-39-46(5)28-36-41(51-52-42(36)50)45(3,4)38(46)17-18-47(39,48)6/h8-16,37-39H,17-31H2,1-7H3,(H3,50,51,52)/t37-,38-,39?,46-,47+,48+,49-/m0/s1. The molecule has 0 spiro atoms. The van der Waals surface area contributed by atoms with Crippen molar-refractivity contribution < 1.29 is 14.3 Å². The number of rotatable bonds is 6. The lowest BCUT2D eigenvalue weighted by atomic mass is 9.32. The van der Waals surface area contributed by atoms with E-state index in [1.54, 1.807) is 5.57 Å². The number of nitrogens with two attached hydrogens (primary N) is 1. The molecule has 7 nitrogen and oxygen atoms in total. The van der Waals surface area contributed by atoms with Crippen LogP contribution < -0.4 is 5.73 Å². The maximum absolute atomic E-state index is 15.0. The van der Waals surface area contributed by atoms with Crippen molar-refractivity contribution in [1.29, 1.82) is 0 Å². The Morgan fingerprint density at radius 3 is 2.39 bits per heavy atom. The predicted molar refractivity (Wildman–Crippen MR) is 223 cm³/mol. The summed E-state index contributed by atoms with van der Waals surface area (Å²) in [5.74, 6) is 1.76. The molecule has 56 heavy (non-hydrogen) atoms. The Morgan fingerprint density at radius 2 is 1.62 bits per heavy atom. The highest BCUT2D eigenvalue weighted by Crippen LogP contribution is 2.77. The zero-order valence-corrected chi connectivity index (χ0v) is 35.2. The molecule has 5 aliphatic carbocycles. The number of hydrogen-bond donors (Lipinski definition) is 2. The maximum atomic E-state index is 15.0. The molecule has 1 aliphatic heterocycles. The third-order valence-corrected chi connectivity index (χ3v) is 17.4. The van der Waals surface area contributed by atoms with Gasteiger partial charge in [-0.05, 0) is 119 Å². The highest BCUT2D eigenvalue weighted by molar-refractivity contribution is 5.82. The Morgan fingerprint density at radius 1 is 0.911 bits per heavy atom. The second-order valence-corrected chi connectivity index (χ2v) is 21.0. The van der Waals surface area contributed by atoms with E-state index in [4.69, 9.17) is 15.2 Å². The molecule has 4 fully saturated rings. The van der Waals surface area contributed by atoms with Crippen LogP contribution in [0.5, 0.6) is 0 Å². The van der Waals surface area contributed by atoms with E-state index in [0.717, 1.165) is 83.4 Å². The molecule has 0 bridgehead atoms. The van der Waals surface area contributed by atoms with Gasteiger partial charge in [0.05, 0.1) is 18.6 Å². The number of benzene rings is 2. The molecule has 3 aromatic rings. The Kier molecular flexibility index (Phi) is 9.06. The molecule has 1 unspecified atom stereocenters. The molecule has 7 heteroatoms. The number of nitrogens with one attached hydrogen (secondary N) is 1. The van der Waals surface area contributed by atoms with Crippen molar-refractivity contribution in [2.75, 3.05) is 32.0 Å². The van der Waals surface area contributed by atoms with E-state index in [1.807, 2.05) is 18.2 Å². The first kappa shape index (κ1) is 38.1. The summed E-state index contributed by atoms with van der Waals surface area (Å²) in [6, 6.07) is 19.5. The maximum Gasteiger partial charge on any atom is 0.313 e. The Balaban J connectivity index is 1.23. The molecule has 0 amide bonds. The van der Waals surface area contributed by atoms with Crippen LogP contribution in [0.25, 0.3) is 5.57 Å². The number of carbonyl (C=O) groups is 1. The molecule has 2 heterocycles. The van der Waals surface area contributed by atoms with Gasteiger partial charge in [0.15, 0.2) is 0 Å². The predicted octanol–water partition coefficient (Wildman–Crippen LogP) is 9.91. The molecule has 300 valence electrons.